The molecule has 3 rings (SSSR count). The highest BCUT2D eigenvalue weighted by atomic mass is 15.2. The van der Waals surface area contributed by atoms with Crippen molar-refractivity contribution < 1.29 is 0 Å². The Balaban J connectivity index is 1.86. The minimum absolute atomic E-state index is 0.580. The summed E-state index contributed by atoms with van der Waals surface area (Å²) < 4.78 is 0. The lowest BCUT2D eigenvalue weighted by atomic mass is 10.2. The van der Waals surface area contributed by atoms with Crippen molar-refractivity contribution in [3.63, 3.8) is 0 Å². The number of hydrogen-bond donors (Lipinski definition) is 1. The van der Waals surface area contributed by atoms with E-state index in [4.69, 9.17) is 4.98 Å². The first-order valence-corrected chi connectivity index (χ1v) is 6.98. The highest BCUT2D eigenvalue weighted by molar-refractivity contribution is 5.50. The van der Waals surface area contributed by atoms with Gasteiger partial charge in [0.1, 0.15) is 17.5 Å². The fourth-order valence-corrected chi connectivity index (χ4v) is 2.39. The van der Waals surface area contributed by atoms with Crippen molar-refractivity contribution in [2.24, 2.45) is 5.92 Å². The standard InChI is InChI=1S/C14H22N4/c1-9(10-4-5-10)18(3)13-8-12(15-2)16-14(17-13)11-6-7-11/h8-11H,4-7H2,1-3H3,(H,15,16,17). The molecule has 4 heteroatoms. The molecule has 1 aromatic heterocycles. The molecule has 0 aromatic carbocycles. The largest absolute Gasteiger partial charge is 0.373 e. The van der Waals surface area contributed by atoms with Crippen LogP contribution in [0.5, 0.6) is 0 Å². The molecule has 0 amide bonds. The van der Waals surface area contributed by atoms with Crippen LogP contribution in [0.15, 0.2) is 6.07 Å². The fraction of sp³-hybridized carbons (Fsp3) is 0.714. The van der Waals surface area contributed by atoms with E-state index in [0.717, 1.165) is 23.4 Å². The summed E-state index contributed by atoms with van der Waals surface area (Å²) in [5.74, 6) is 4.48. The van der Waals surface area contributed by atoms with E-state index in [9.17, 15) is 0 Å². The van der Waals surface area contributed by atoms with E-state index >= 15 is 0 Å². The van der Waals surface area contributed by atoms with Gasteiger partial charge in [0.15, 0.2) is 0 Å². The Kier molecular flexibility index (Phi) is 2.88. The number of nitrogens with zero attached hydrogens (tertiary/aromatic N) is 3. The van der Waals surface area contributed by atoms with Crippen LogP contribution in [-0.2, 0) is 0 Å². The smallest absolute Gasteiger partial charge is 0.136 e. The highest BCUT2D eigenvalue weighted by Crippen LogP contribution is 2.40. The Hall–Kier alpha value is -1.32. The second-order valence-electron chi connectivity index (χ2n) is 5.68. The fourth-order valence-electron chi connectivity index (χ4n) is 2.39. The predicted octanol–water partition coefficient (Wildman–Crippen LogP) is 2.63. The SMILES string of the molecule is CNc1cc(N(C)C(C)C2CC2)nc(C2CC2)n1. The number of hydrogen-bond acceptors (Lipinski definition) is 4. The Bertz CT molecular complexity index is 437. The Morgan fingerprint density at radius 3 is 2.56 bits per heavy atom. The molecule has 1 aromatic rings. The lowest BCUT2D eigenvalue weighted by molar-refractivity contribution is 0.602. The molecule has 4 nitrogen and oxygen atoms in total. The van der Waals surface area contributed by atoms with Crippen LogP contribution < -0.4 is 10.2 Å². The second-order valence-corrected chi connectivity index (χ2v) is 5.68. The van der Waals surface area contributed by atoms with E-state index in [1.165, 1.54) is 25.7 Å². The topological polar surface area (TPSA) is 41.0 Å². The summed E-state index contributed by atoms with van der Waals surface area (Å²) in [7, 11) is 4.08. The molecule has 2 aliphatic rings. The quantitative estimate of drug-likeness (QED) is 0.867. The van der Waals surface area contributed by atoms with Gasteiger partial charge in [-0.2, -0.15) is 0 Å². The van der Waals surface area contributed by atoms with Crippen molar-refractivity contribution in [1.29, 1.82) is 0 Å². The van der Waals surface area contributed by atoms with Crippen molar-refractivity contribution in [2.75, 3.05) is 24.3 Å². The average Bonchev–Trinajstić information content (AvgIpc) is 3.28. The number of rotatable bonds is 5. The van der Waals surface area contributed by atoms with Crippen LogP contribution in [0.4, 0.5) is 11.6 Å². The summed E-state index contributed by atoms with van der Waals surface area (Å²) in [5, 5.41) is 3.15. The molecule has 1 unspecified atom stereocenters. The molecule has 2 aliphatic carbocycles. The molecule has 0 bridgehead atoms. The number of aromatic nitrogens is 2. The molecule has 0 aliphatic heterocycles. The molecule has 2 fully saturated rings. The predicted molar refractivity (Wildman–Crippen MR) is 74.1 cm³/mol. The molecule has 0 radical (unpaired) electrons. The maximum atomic E-state index is 4.75. The van der Waals surface area contributed by atoms with Gasteiger partial charge in [-0.25, -0.2) is 9.97 Å². The Morgan fingerprint density at radius 1 is 1.28 bits per heavy atom. The third-order valence-corrected chi connectivity index (χ3v) is 4.21. The first-order valence-electron chi connectivity index (χ1n) is 6.98. The summed E-state index contributed by atoms with van der Waals surface area (Å²) >= 11 is 0. The minimum atomic E-state index is 0.580. The summed E-state index contributed by atoms with van der Waals surface area (Å²) in [4.78, 5) is 11.6. The van der Waals surface area contributed by atoms with Crippen LogP contribution in [-0.4, -0.2) is 30.1 Å². The normalized spacial score (nSPS) is 20.6. The number of anilines is 2. The summed E-state index contributed by atoms with van der Waals surface area (Å²) in [6.45, 7) is 2.30. The Morgan fingerprint density at radius 2 is 2.00 bits per heavy atom. The molecule has 1 atom stereocenters. The molecule has 98 valence electrons. The van der Waals surface area contributed by atoms with Gasteiger partial charge in [-0.15, -0.1) is 0 Å². The molecule has 18 heavy (non-hydrogen) atoms. The van der Waals surface area contributed by atoms with Gasteiger partial charge in [-0.05, 0) is 38.5 Å². The van der Waals surface area contributed by atoms with Crippen molar-refractivity contribution in [3.8, 4) is 0 Å². The molecule has 0 spiro atoms. The highest BCUT2D eigenvalue weighted by Gasteiger charge is 2.32. The zero-order valence-corrected chi connectivity index (χ0v) is 11.5. The third-order valence-electron chi connectivity index (χ3n) is 4.21. The molecule has 1 heterocycles. The van der Waals surface area contributed by atoms with Crippen LogP contribution in [0.1, 0.15) is 44.3 Å². The summed E-state index contributed by atoms with van der Waals surface area (Å²) in [5.41, 5.74) is 0. The summed E-state index contributed by atoms with van der Waals surface area (Å²) in [6.07, 6.45) is 5.22. The van der Waals surface area contributed by atoms with Crippen molar-refractivity contribution >= 4 is 11.6 Å². The van der Waals surface area contributed by atoms with Gasteiger partial charge in [0.05, 0.1) is 0 Å². The van der Waals surface area contributed by atoms with Crippen LogP contribution >= 0.6 is 0 Å². The molecule has 1 N–H and O–H groups in total. The molecule has 2 saturated carbocycles. The second kappa shape index (κ2) is 4.41. The zero-order valence-electron chi connectivity index (χ0n) is 11.5. The van der Waals surface area contributed by atoms with Gasteiger partial charge in [-0.1, -0.05) is 0 Å². The van der Waals surface area contributed by atoms with E-state index in [0.29, 0.717) is 12.0 Å². The van der Waals surface area contributed by atoms with Gasteiger partial charge < -0.3 is 10.2 Å². The maximum absolute atomic E-state index is 4.75. The Labute approximate surface area is 109 Å². The monoisotopic (exact) mass is 246 g/mol. The lowest BCUT2D eigenvalue weighted by Gasteiger charge is -2.26. The first kappa shape index (κ1) is 11.8. The summed E-state index contributed by atoms with van der Waals surface area (Å²) in [6, 6.07) is 2.64. The molecule has 0 saturated heterocycles. The van der Waals surface area contributed by atoms with E-state index < -0.39 is 0 Å². The number of nitrogens with one attached hydrogen (secondary N) is 1. The lowest BCUT2D eigenvalue weighted by Crippen LogP contribution is -2.31. The van der Waals surface area contributed by atoms with Crippen molar-refractivity contribution in [2.45, 2.75) is 44.6 Å². The molecular formula is C14H22N4. The van der Waals surface area contributed by atoms with Crippen LogP contribution in [0.3, 0.4) is 0 Å². The minimum Gasteiger partial charge on any atom is -0.373 e. The van der Waals surface area contributed by atoms with E-state index in [-0.39, 0.29) is 0 Å². The van der Waals surface area contributed by atoms with E-state index in [2.05, 4.69) is 35.2 Å². The average molecular weight is 246 g/mol. The van der Waals surface area contributed by atoms with Crippen molar-refractivity contribution in [1.82, 2.24) is 9.97 Å². The first-order chi connectivity index (χ1) is 8.69. The van der Waals surface area contributed by atoms with Gasteiger partial charge in [0, 0.05) is 32.1 Å². The van der Waals surface area contributed by atoms with Crippen LogP contribution in [0, 0.1) is 5.92 Å². The molecular weight excluding hydrogens is 224 g/mol. The zero-order chi connectivity index (χ0) is 12.7. The van der Waals surface area contributed by atoms with Crippen LogP contribution in [0.2, 0.25) is 0 Å². The maximum Gasteiger partial charge on any atom is 0.136 e. The third kappa shape index (κ3) is 2.28. The van der Waals surface area contributed by atoms with E-state index in [1.807, 2.05) is 7.05 Å². The van der Waals surface area contributed by atoms with Crippen LogP contribution in [0.25, 0.3) is 0 Å². The van der Waals surface area contributed by atoms with Crippen molar-refractivity contribution in [3.05, 3.63) is 11.9 Å². The van der Waals surface area contributed by atoms with E-state index in [1.54, 1.807) is 0 Å². The van der Waals surface area contributed by atoms with Gasteiger partial charge >= 0.3 is 0 Å². The van der Waals surface area contributed by atoms with Gasteiger partial charge in [0.2, 0.25) is 0 Å². The van der Waals surface area contributed by atoms with Gasteiger partial charge in [0.25, 0.3) is 0 Å². The van der Waals surface area contributed by atoms with Gasteiger partial charge in [-0.3, -0.25) is 0 Å².